The lowest BCUT2D eigenvalue weighted by atomic mass is 9.97. The average Bonchev–Trinajstić information content (AvgIpc) is 3.11. The molecule has 0 aromatic carbocycles. The Labute approximate surface area is 146 Å². The second-order valence-electron chi connectivity index (χ2n) is 5.94. The van der Waals surface area contributed by atoms with E-state index in [0.29, 0.717) is 17.9 Å². The highest BCUT2D eigenvalue weighted by Crippen LogP contribution is 2.29. The third kappa shape index (κ3) is 4.21. The Morgan fingerprint density at radius 1 is 1.35 bits per heavy atom. The number of halogens is 3. The van der Waals surface area contributed by atoms with E-state index in [1.807, 2.05) is 4.90 Å². The minimum atomic E-state index is -4.68. The molecule has 2 N–H and O–H groups in total. The summed E-state index contributed by atoms with van der Waals surface area (Å²) in [6.45, 7) is 1.87. The first kappa shape index (κ1) is 18.0. The molecule has 140 valence electrons. The number of carbonyl (C=O) groups is 1. The second-order valence-corrected chi connectivity index (χ2v) is 5.94. The van der Waals surface area contributed by atoms with Gasteiger partial charge in [-0.1, -0.05) is 5.16 Å². The molecular weight excluding hydrogens is 355 g/mol. The lowest BCUT2D eigenvalue weighted by Crippen LogP contribution is -2.38. The number of rotatable bonds is 4. The van der Waals surface area contributed by atoms with Crippen molar-refractivity contribution in [2.75, 3.05) is 24.5 Å². The number of hydrogen-bond donors (Lipinski definition) is 2. The number of anilines is 1. The van der Waals surface area contributed by atoms with Gasteiger partial charge in [-0.05, 0) is 30.9 Å². The van der Waals surface area contributed by atoms with Crippen LogP contribution < -0.4 is 10.2 Å². The Kier molecular flexibility index (Phi) is 4.96. The molecular formula is C15H16F3N5O3. The molecule has 2 aromatic rings. The highest BCUT2D eigenvalue weighted by molar-refractivity contribution is 5.64. The molecule has 1 aliphatic heterocycles. The number of nitrogens with zero attached hydrogens (tertiary/aromatic N) is 4. The van der Waals surface area contributed by atoms with Crippen LogP contribution in [0.5, 0.6) is 0 Å². The molecule has 1 fully saturated rings. The number of carboxylic acid groups (broad SMARTS) is 1. The fraction of sp³-hybridized carbons (Fsp3) is 0.467. The fourth-order valence-corrected chi connectivity index (χ4v) is 2.76. The van der Waals surface area contributed by atoms with Gasteiger partial charge in [-0.3, -0.25) is 0 Å². The summed E-state index contributed by atoms with van der Waals surface area (Å²) < 4.78 is 41.7. The Balaban J connectivity index is 1.60. The van der Waals surface area contributed by atoms with Crippen molar-refractivity contribution in [3.63, 3.8) is 0 Å². The first-order valence-electron chi connectivity index (χ1n) is 7.92. The van der Waals surface area contributed by atoms with Crippen LogP contribution in [0.25, 0.3) is 11.4 Å². The molecule has 1 aliphatic rings. The van der Waals surface area contributed by atoms with Crippen LogP contribution in [0.4, 0.5) is 23.8 Å². The van der Waals surface area contributed by atoms with E-state index in [4.69, 9.17) is 5.11 Å². The Hall–Kier alpha value is -2.85. The molecule has 3 rings (SSSR count). The summed E-state index contributed by atoms with van der Waals surface area (Å²) in [5.41, 5.74) is 0.327. The Morgan fingerprint density at radius 3 is 2.62 bits per heavy atom. The van der Waals surface area contributed by atoms with Gasteiger partial charge in [0.1, 0.15) is 5.82 Å². The molecule has 2 aromatic heterocycles. The highest BCUT2D eigenvalue weighted by atomic mass is 19.4. The number of aromatic nitrogens is 3. The van der Waals surface area contributed by atoms with Gasteiger partial charge in [-0.25, -0.2) is 9.78 Å². The van der Waals surface area contributed by atoms with Gasteiger partial charge in [0.15, 0.2) is 0 Å². The first-order valence-corrected chi connectivity index (χ1v) is 7.92. The lowest BCUT2D eigenvalue weighted by molar-refractivity contribution is -0.159. The van der Waals surface area contributed by atoms with Gasteiger partial charge >= 0.3 is 18.2 Å². The predicted molar refractivity (Wildman–Crippen MR) is 83.5 cm³/mol. The molecule has 11 heteroatoms. The van der Waals surface area contributed by atoms with Crippen molar-refractivity contribution >= 4 is 11.9 Å². The molecule has 0 spiro atoms. The van der Waals surface area contributed by atoms with Crippen LogP contribution in [0, 0.1) is 5.92 Å². The molecule has 3 heterocycles. The van der Waals surface area contributed by atoms with Crippen LogP contribution in [0.2, 0.25) is 0 Å². The zero-order valence-electron chi connectivity index (χ0n) is 13.5. The van der Waals surface area contributed by atoms with Crippen LogP contribution in [0.15, 0.2) is 22.9 Å². The molecule has 26 heavy (non-hydrogen) atoms. The van der Waals surface area contributed by atoms with Crippen molar-refractivity contribution in [1.82, 2.24) is 20.4 Å². The van der Waals surface area contributed by atoms with E-state index in [1.54, 1.807) is 12.1 Å². The number of pyridine rings is 1. The lowest BCUT2D eigenvalue weighted by Gasteiger charge is -2.32. The van der Waals surface area contributed by atoms with Crippen LogP contribution in [0.3, 0.4) is 0 Å². The van der Waals surface area contributed by atoms with E-state index in [1.165, 1.54) is 6.20 Å². The van der Waals surface area contributed by atoms with Gasteiger partial charge in [-0.15, -0.1) is 0 Å². The predicted octanol–water partition coefficient (Wildman–Crippen LogP) is 2.63. The van der Waals surface area contributed by atoms with Crippen molar-refractivity contribution in [1.29, 1.82) is 0 Å². The van der Waals surface area contributed by atoms with Gasteiger partial charge in [0, 0.05) is 31.4 Å². The number of alkyl halides is 3. The first-order chi connectivity index (χ1) is 12.3. The van der Waals surface area contributed by atoms with E-state index in [2.05, 4.69) is 25.0 Å². The standard InChI is InChI=1S/C15H16F3N5O3/c16-15(17,18)13-21-12(22-26-13)10-1-2-11(19-8-10)23-5-3-9(4-6-23)7-20-14(24)25/h1-2,8-9,20H,3-7H2,(H,24,25). The number of hydrogen-bond acceptors (Lipinski definition) is 6. The monoisotopic (exact) mass is 371 g/mol. The van der Waals surface area contributed by atoms with Gasteiger partial charge < -0.3 is 19.8 Å². The second kappa shape index (κ2) is 7.18. The molecule has 0 aliphatic carbocycles. The minimum absolute atomic E-state index is 0.171. The average molecular weight is 371 g/mol. The van der Waals surface area contributed by atoms with E-state index in [9.17, 15) is 18.0 Å². The summed E-state index contributed by atoms with van der Waals surface area (Å²) in [5.74, 6) is -0.594. The third-order valence-electron chi connectivity index (χ3n) is 4.16. The van der Waals surface area contributed by atoms with Crippen LogP contribution in [-0.2, 0) is 6.18 Å². The maximum absolute atomic E-state index is 12.5. The molecule has 1 saturated heterocycles. The maximum atomic E-state index is 12.5. The fourth-order valence-electron chi connectivity index (χ4n) is 2.76. The van der Waals surface area contributed by atoms with Gasteiger partial charge in [0.05, 0.1) is 0 Å². The largest absolute Gasteiger partial charge is 0.471 e. The van der Waals surface area contributed by atoms with Crippen molar-refractivity contribution in [3.05, 3.63) is 24.2 Å². The number of amides is 1. The smallest absolute Gasteiger partial charge is 0.465 e. The summed E-state index contributed by atoms with van der Waals surface area (Å²) in [6, 6.07) is 3.28. The number of nitrogens with one attached hydrogen (secondary N) is 1. The molecule has 0 radical (unpaired) electrons. The number of piperidine rings is 1. The van der Waals surface area contributed by atoms with Crippen molar-refractivity contribution < 1.29 is 27.6 Å². The maximum Gasteiger partial charge on any atom is 0.471 e. The van der Waals surface area contributed by atoms with Crippen LogP contribution in [-0.4, -0.2) is 46.0 Å². The molecule has 1 amide bonds. The van der Waals surface area contributed by atoms with Crippen molar-refractivity contribution in [3.8, 4) is 11.4 Å². The van der Waals surface area contributed by atoms with Gasteiger partial charge in [0.25, 0.3) is 0 Å². The summed E-state index contributed by atoms with van der Waals surface area (Å²) in [6.07, 6.45) is -2.66. The van der Waals surface area contributed by atoms with Crippen molar-refractivity contribution in [2.24, 2.45) is 5.92 Å². The van der Waals surface area contributed by atoms with Gasteiger partial charge in [-0.2, -0.15) is 18.2 Å². The summed E-state index contributed by atoms with van der Waals surface area (Å²) >= 11 is 0. The summed E-state index contributed by atoms with van der Waals surface area (Å²) in [4.78, 5) is 20.2. The Morgan fingerprint density at radius 2 is 2.08 bits per heavy atom. The molecule has 0 bridgehead atoms. The van der Waals surface area contributed by atoms with Gasteiger partial charge in [0.2, 0.25) is 5.82 Å². The molecule has 0 atom stereocenters. The van der Waals surface area contributed by atoms with Crippen LogP contribution >= 0.6 is 0 Å². The van der Waals surface area contributed by atoms with Crippen LogP contribution in [0.1, 0.15) is 18.7 Å². The Bertz CT molecular complexity index is 755. The zero-order chi connectivity index (χ0) is 18.7. The van der Waals surface area contributed by atoms with E-state index in [0.717, 1.165) is 25.9 Å². The summed E-state index contributed by atoms with van der Waals surface area (Å²) in [7, 11) is 0. The van der Waals surface area contributed by atoms with E-state index in [-0.39, 0.29) is 11.7 Å². The third-order valence-corrected chi connectivity index (χ3v) is 4.16. The quantitative estimate of drug-likeness (QED) is 0.851. The van der Waals surface area contributed by atoms with E-state index >= 15 is 0 Å². The molecule has 8 nitrogen and oxygen atoms in total. The topological polar surface area (TPSA) is 104 Å². The normalized spacial score (nSPS) is 15.9. The highest BCUT2D eigenvalue weighted by Gasteiger charge is 2.38. The minimum Gasteiger partial charge on any atom is -0.465 e. The molecule has 0 unspecified atom stereocenters. The van der Waals surface area contributed by atoms with E-state index < -0.39 is 18.2 Å². The van der Waals surface area contributed by atoms with Crippen molar-refractivity contribution in [2.45, 2.75) is 19.0 Å². The zero-order valence-corrected chi connectivity index (χ0v) is 13.5. The SMILES string of the molecule is O=C(O)NCC1CCN(c2ccc(-c3noc(C(F)(F)F)n3)cn2)CC1. The summed E-state index contributed by atoms with van der Waals surface area (Å²) in [5, 5.41) is 14.3. The molecule has 0 saturated carbocycles.